The molecule has 3 rings (SSSR count). The fourth-order valence-electron chi connectivity index (χ4n) is 1.83. The van der Waals surface area contributed by atoms with E-state index in [1.54, 1.807) is 0 Å². The second-order valence-electron chi connectivity index (χ2n) is 3.93. The molecule has 0 saturated carbocycles. The SMILES string of the molecule is Nc1ccc2c(c1)=N[C@H](c1ccc(Br)cc1)N=2. The molecule has 0 spiro atoms. The summed E-state index contributed by atoms with van der Waals surface area (Å²) in [6, 6.07) is 13.7. The summed E-state index contributed by atoms with van der Waals surface area (Å²) in [5, 5.41) is 1.78. The zero-order valence-corrected chi connectivity index (χ0v) is 10.6. The van der Waals surface area contributed by atoms with E-state index in [1.807, 2.05) is 42.5 Å². The molecule has 17 heavy (non-hydrogen) atoms. The largest absolute Gasteiger partial charge is 0.399 e. The number of nitrogen functional groups attached to an aromatic ring is 1. The van der Waals surface area contributed by atoms with E-state index in [9.17, 15) is 0 Å². The van der Waals surface area contributed by atoms with Gasteiger partial charge in [0.15, 0.2) is 6.17 Å². The van der Waals surface area contributed by atoms with Crippen LogP contribution in [0.15, 0.2) is 56.9 Å². The van der Waals surface area contributed by atoms with Crippen molar-refractivity contribution in [1.29, 1.82) is 0 Å². The summed E-state index contributed by atoms with van der Waals surface area (Å²) in [6.45, 7) is 0. The van der Waals surface area contributed by atoms with Crippen molar-refractivity contribution < 1.29 is 0 Å². The Kier molecular flexibility index (Phi) is 2.44. The van der Waals surface area contributed by atoms with Crippen molar-refractivity contribution in [2.45, 2.75) is 6.17 Å². The monoisotopic (exact) mass is 287 g/mol. The van der Waals surface area contributed by atoms with Crippen molar-refractivity contribution in [3.05, 3.63) is 63.2 Å². The van der Waals surface area contributed by atoms with Crippen molar-refractivity contribution >= 4 is 21.6 Å². The highest BCUT2D eigenvalue weighted by Gasteiger charge is 2.12. The molecule has 0 unspecified atom stereocenters. The highest BCUT2D eigenvalue weighted by Crippen LogP contribution is 2.21. The predicted molar refractivity (Wildman–Crippen MR) is 70.0 cm³/mol. The van der Waals surface area contributed by atoms with Crippen molar-refractivity contribution in [3.63, 3.8) is 0 Å². The van der Waals surface area contributed by atoms with Crippen LogP contribution in [-0.2, 0) is 0 Å². The van der Waals surface area contributed by atoms with Gasteiger partial charge in [0.1, 0.15) is 0 Å². The van der Waals surface area contributed by atoms with Crippen LogP contribution in [0, 0.1) is 0 Å². The molecule has 84 valence electrons. The van der Waals surface area contributed by atoms with Gasteiger partial charge in [0.2, 0.25) is 0 Å². The first kappa shape index (κ1) is 10.5. The lowest BCUT2D eigenvalue weighted by atomic mass is 10.2. The normalized spacial score (nSPS) is 17.1. The first-order valence-electron chi connectivity index (χ1n) is 5.29. The molecule has 2 N–H and O–H groups in total. The minimum atomic E-state index is -0.139. The fraction of sp³-hybridized carbons (Fsp3) is 0.0769. The lowest BCUT2D eigenvalue weighted by Crippen LogP contribution is -2.21. The smallest absolute Gasteiger partial charge is 0.166 e. The van der Waals surface area contributed by atoms with Gasteiger partial charge in [-0.1, -0.05) is 28.1 Å². The van der Waals surface area contributed by atoms with Crippen molar-refractivity contribution in [1.82, 2.24) is 0 Å². The first-order chi connectivity index (χ1) is 8.22. The Labute approximate surface area is 107 Å². The topological polar surface area (TPSA) is 50.7 Å². The summed E-state index contributed by atoms with van der Waals surface area (Å²) in [4.78, 5) is 9.11. The highest BCUT2D eigenvalue weighted by molar-refractivity contribution is 9.10. The summed E-state index contributed by atoms with van der Waals surface area (Å²) < 4.78 is 1.06. The Bertz CT molecular complexity index is 677. The maximum atomic E-state index is 5.73. The van der Waals surface area contributed by atoms with Crippen LogP contribution in [0.5, 0.6) is 0 Å². The van der Waals surface area contributed by atoms with Crippen LogP contribution in [0.2, 0.25) is 0 Å². The number of anilines is 1. The van der Waals surface area contributed by atoms with Gasteiger partial charge in [-0.3, -0.25) is 9.98 Å². The van der Waals surface area contributed by atoms with Crippen molar-refractivity contribution in [2.75, 3.05) is 5.73 Å². The van der Waals surface area contributed by atoms with Gasteiger partial charge in [-0.05, 0) is 35.9 Å². The van der Waals surface area contributed by atoms with E-state index in [2.05, 4.69) is 25.9 Å². The molecule has 1 atom stereocenters. The summed E-state index contributed by atoms with van der Waals surface area (Å²) in [7, 11) is 0. The van der Waals surface area contributed by atoms with Crippen LogP contribution in [0.3, 0.4) is 0 Å². The van der Waals surface area contributed by atoms with Crippen LogP contribution in [0.1, 0.15) is 11.7 Å². The van der Waals surface area contributed by atoms with E-state index < -0.39 is 0 Å². The number of fused-ring (bicyclic) bond motifs is 1. The van der Waals surface area contributed by atoms with Crippen LogP contribution < -0.4 is 16.4 Å². The van der Waals surface area contributed by atoms with Gasteiger partial charge in [-0.15, -0.1) is 0 Å². The highest BCUT2D eigenvalue weighted by atomic mass is 79.9. The Morgan fingerprint density at radius 1 is 0.941 bits per heavy atom. The Hall–Kier alpha value is -1.68. The number of halogens is 1. The molecule has 1 heterocycles. The molecule has 1 aliphatic heterocycles. The van der Waals surface area contributed by atoms with Crippen molar-refractivity contribution in [2.24, 2.45) is 9.98 Å². The molecule has 0 aromatic heterocycles. The minimum absolute atomic E-state index is 0.139. The number of benzene rings is 2. The average molecular weight is 288 g/mol. The van der Waals surface area contributed by atoms with E-state index >= 15 is 0 Å². The standard InChI is InChI=1S/C13H10BrN3/c14-9-3-1-8(2-4-9)13-16-11-6-5-10(15)7-12(11)17-13/h1-7,13H,15H2/t13-/m1/s1. The van der Waals surface area contributed by atoms with Gasteiger partial charge < -0.3 is 5.73 Å². The van der Waals surface area contributed by atoms with Gasteiger partial charge in [0, 0.05) is 10.2 Å². The quantitative estimate of drug-likeness (QED) is 0.801. The van der Waals surface area contributed by atoms with E-state index in [0.717, 1.165) is 26.4 Å². The summed E-state index contributed by atoms with van der Waals surface area (Å²) in [5.74, 6) is 0. The van der Waals surface area contributed by atoms with E-state index in [-0.39, 0.29) is 6.17 Å². The lowest BCUT2D eigenvalue weighted by molar-refractivity contribution is 0.771. The number of nitrogens with two attached hydrogens (primary N) is 1. The molecule has 0 amide bonds. The number of nitrogens with zero attached hydrogens (tertiary/aromatic N) is 2. The van der Waals surface area contributed by atoms with Crippen LogP contribution in [0.4, 0.5) is 5.69 Å². The lowest BCUT2D eigenvalue weighted by Gasteiger charge is -2.03. The van der Waals surface area contributed by atoms with Gasteiger partial charge in [-0.2, -0.15) is 0 Å². The Morgan fingerprint density at radius 3 is 2.41 bits per heavy atom. The second kappa shape index (κ2) is 3.96. The van der Waals surface area contributed by atoms with Gasteiger partial charge >= 0.3 is 0 Å². The third kappa shape index (κ3) is 1.96. The Balaban J connectivity index is 2.07. The molecule has 0 fully saturated rings. The van der Waals surface area contributed by atoms with Crippen LogP contribution >= 0.6 is 15.9 Å². The maximum Gasteiger partial charge on any atom is 0.166 e. The van der Waals surface area contributed by atoms with Gasteiger partial charge in [-0.25, -0.2) is 0 Å². The minimum Gasteiger partial charge on any atom is -0.399 e. The summed E-state index contributed by atoms with van der Waals surface area (Å²) in [6.07, 6.45) is -0.139. The van der Waals surface area contributed by atoms with Gasteiger partial charge in [0.25, 0.3) is 0 Å². The van der Waals surface area contributed by atoms with E-state index in [4.69, 9.17) is 5.73 Å². The molecule has 0 bridgehead atoms. The Morgan fingerprint density at radius 2 is 1.65 bits per heavy atom. The maximum absolute atomic E-state index is 5.73. The fourth-order valence-corrected chi connectivity index (χ4v) is 2.09. The number of hydrogen-bond acceptors (Lipinski definition) is 3. The number of hydrogen-bond donors (Lipinski definition) is 1. The first-order valence-corrected chi connectivity index (χ1v) is 6.08. The second-order valence-corrected chi connectivity index (χ2v) is 4.85. The molecule has 1 aliphatic rings. The van der Waals surface area contributed by atoms with E-state index in [1.165, 1.54) is 0 Å². The summed E-state index contributed by atoms with van der Waals surface area (Å²) in [5.41, 5.74) is 7.53. The molecule has 3 nitrogen and oxygen atoms in total. The van der Waals surface area contributed by atoms with E-state index in [0.29, 0.717) is 0 Å². The molecular weight excluding hydrogens is 278 g/mol. The molecule has 0 saturated heterocycles. The predicted octanol–water partition coefficient (Wildman–Crippen LogP) is 1.98. The molecule has 0 aliphatic carbocycles. The molecule has 0 radical (unpaired) electrons. The third-order valence-corrected chi connectivity index (χ3v) is 3.22. The molecule has 2 aromatic carbocycles. The average Bonchev–Trinajstić information content (AvgIpc) is 2.72. The third-order valence-electron chi connectivity index (χ3n) is 2.69. The molecule has 4 heteroatoms. The van der Waals surface area contributed by atoms with Crippen LogP contribution in [-0.4, -0.2) is 0 Å². The van der Waals surface area contributed by atoms with Crippen LogP contribution in [0.25, 0.3) is 0 Å². The molecular formula is C13H10BrN3. The zero-order valence-electron chi connectivity index (χ0n) is 8.97. The molecule has 2 aromatic rings. The summed E-state index contributed by atoms with van der Waals surface area (Å²) >= 11 is 3.41. The van der Waals surface area contributed by atoms with Crippen molar-refractivity contribution in [3.8, 4) is 0 Å². The zero-order chi connectivity index (χ0) is 11.8. The number of rotatable bonds is 1. The van der Waals surface area contributed by atoms with Gasteiger partial charge in [0.05, 0.1) is 10.7 Å².